The van der Waals surface area contributed by atoms with Crippen molar-refractivity contribution in [3.8, 4) is 17.6 Å². The van der Waals surface area contributed by atoms with Gasteiger partial charge >= 0.3 is 6.09 Å². The predicted molar refractivity (Wildman–Crippen MR) is 154 cm³/mol. The number of pyridine rings is 1. The minimum Gasteiger partial charge on any atom is -0.453 e. The number of anilines is 2. The Balaban J connectivity index is 1.31. The Labute approximate surface area is 241 Å². The fraction of sp³-hybridized carbons (Fsp3) is 0.276. The molecule has 0 bridgehead atoms. The van der Waals surface area contributed by atoms with Gasteiger partial charge in [-0.1, -0.05) is 30.0 Å². The number of ether oxygens (including phenoxy) is 2. The van der Waals surface area contributed by atoms with E-state index in [9.17, 15) is 4.79 Å². The zero-order valence-electron chi connectivity index (χ0n) is 22.3. The van der Waals surface area contributed by atoms with Crippen molar-refractivity contribution in [3.05, 3.63) is 78.2 Å². The monoisotopic (exact) mass is 572 g/mol. The molecule has 1 amide bonds. The summed E-state index contributed by atoms with van der Waals surface area (Å²) in [5.74, 6) is 2.46. The van der Waals surface area contributed by atoms with Gasteiger partial charge in [0.25, 0.3) is 0 Å². The van der Waals surface area contributed by atoms with Gasteiger partial charge in [0.15, 0.2) is 11.6 Å². The molecule has 11 heteroatoms. The summed E-state index contributed by atoms with van der Waals surface area (Å²) in [4.78, 5) is 25.4. The van der Waals surface area contributed by atoms with E-state index in [4.69, 9.17) is 19.7 Å². The second-order valence-electron chi connectivity index (χ2n) is 10.2. The number of aromatic nitrogens is 3. The van der Waals surface area contributed by atoms with Crippen molar-refractivity contribution in [1.29, 1.82) is 5.26 Å². The molecule has 2 aromatic heterocycles. The Hall–Kier alpha value is -4.14. The van der Waals surface area contributed by atoms with Gasteiger partial charge in [-0.2, -0.15) is 9.64 Å². The Kier molecular flexibility index (Phi) is 8.19. The highest BCUT2D eigenvalue weighted by Gasteiger charge is 2.32. The summed E-state index contributed by atoms with van der Waals surface area (Å²) in [6, 6.07) is 20.9. The summed E-state index contributed by atoms with van der Waals surface area (Å²) >= 11 is 2.77. The number of hydrogen-bond acceptors (Lipinski definition) is 10. The molecule has 1 unspecified atom stereocenters. The number of likely N-dealkylation sites (tertiary alicyclic amines) is 1. The first-order valence-corrected chi connectivity index (χ1v) is 14.3. The number of nitrogens with zero attached hydrogens (tertiary/aromatic N) is 5. The van der Waals surface area contributed by atoms with E-state index < -0.39 is 5.60 Å². The second-order valence-corrected chi connectivity index (χ2v) is 12.1. The lowest BCUT2D eigenvalue weighted by Crippen LogP contribution is -2.35. The first kappa shape index (κ1) is 27.4. The van der Waals surface area contributed by atoms with Crippen molar-refractivity contribution >= 4 is 40.3 Å². The predicted octanol–water partition coefficient (Wildman–Crippen LogP) is 7.22. The number of carbonyl (C=O) groups is 1. The van der Waals surface area contributed by atoms with Crippen LogP contribution in [0.1, 0.15) is 44.5 Å². The van der Waals surface area contributed by atoms with E-state index in [0.29, 0.717) is 46.9 Å². The minimum absolute atomic E-state index is 0.0403. The molecule has 1 saturated heterocycles. The maximum atomic E-state index is 12.5. The van der Waals surface area contributed by atoms with Crippen molar-refractivity contribution in [3.63, 3.8) is 0 Å². The van der Waals surface area contributed by atoms with Crippen LogP contribution in [0.15, 0.2) is 76.7 Å². The zero-order chi connectivity index (χ0) is 28.1. The topological polar surface area (TPSA) is 113 Å². The molecule has 204 valence electrons. The zero-order valence-corrected chi connectivity index (χ0v) is 24.0. The molecule has 0 radical (unpaired) electrons. The van der Waals surface area contributed by atoms with Gasteiger partial charge in [-0.05, 0) is 63.6 Å². The Bertz CT molecular complexity index is 1510. The molecule has 40 heavy (non-hydrogen) atoms. The largest absolute Gasteiger partial charge is 0.453 e. The molecule has 0 saturated carbocycles. The molecule has 1 aliphatic rings. The van der Waals surface area contributed by atoms with Crippen molar-refractivity contribution < 1.29 is 14.3 Å². The Morgan fingerprint density at radius 1 is 1.15 bits per heavy atom. The van der Waals surface area contributed by atoms with Gasteiger partial charge in [-0.3, -0.25) is 0 Å². The van der Waals surface area contributed by atoms with Gasteiger partial charge < -0.3 is 19.7 Å². The van der Waals surface area contributed by atoms with Gasteiger partial charge in [0.1, 0.15) is 17.2 Å². The summed E-state index contributed by atoms with van der Waals surface area (Å²) in [7, 11) is 0. The third kappa shape index (κ3) is 7.08. The van der Waals surface area contributed by atoms with E-state index >= 15 is 0 Å². The molecule has 9 nitrogen and oxygen atoms in total. The first-order valence-electron chi connectivity index (χ1n) is 12.8. The fourth-order valence-electron chi connectivity index (χ4n) is 4.02. The van der Waals surface area contributed by atoms with Crippen molar-refractivity contribution in [1.82, 2.24) is 19.2 Å². The van der Waals surface area contributed by atoms with Crippen molar-refractivity contribution in [2.75, 3.05) is 18.4 Å². The van der Waals surface area contributed by atoms with Gasteiger partial charge in [0.2, 0.25) is 5.13 Å². The number of amides is 1. The lowest BCUT2D eigenvalue weighted by molar-refractivity contribution is 0.0292. The van der Waals surface area contributed by atoms with Gasteiger partial charge in [0, 0.05) is 52.6 Å². The van der Waals surface area contributed by atoms with E-state index in [-0.39, 0.29) is 12.0 Å². The Morgan fingerprint density at radius 3 is 2.65 bits per heavy atom. The number of nitrogens with one attached hydrogen (secondary N) is 1. The molecular formula is C29H28N6O3S2. The summed E-state index contributed by atoms with van der Waals surface area (Å²) in [6.07, 6.45) is 2.23. The first-order chi connectivity index (χ1) is 19.3. The quantitative estimate of drug-likeness (QED) is 0.245. The van der Waals surface area contributed by atoms with E-state index in [1.54, 1.807) is 23.2 Å². The summed E-state index contributed by atoms with van der Waals surface area (Å²) in [5.41, 5.74) is 0.0787. The molecule has 1 aliphatic heterocycles. The molecule has 2 aromatic carbocycles. The maximum Gasteiger partial charge on any atom is 0.410 e. The smallest absolute Gasteiger partial charge is 0.410 e. The molecule has 1 fully saturated rings. The van der Waals surface area contributed by atoms with Crippen LogP contribution >= 0.6 is 23.3 Å². The average molecular weight is 573 g/mol. The van der Waals surface area contributed by atoms with Crippen molar-refractivity contribution in [2.24, 2.45) is 0 Å². The standard InChI is InChI=1S/C29H28N6O3S2/c1-29(2,3)38-28(36)35-14-13-20(18-35)25-32-27(40-34-25)33-26-24(37-21-7-5-4-6-8-21)15-23(17-31-26)39-22-11-9-19(16-30)10-12-22/h4-12,15,17,20H,13-14,18H2,1-3H3,(H,31,32,33,34). The molecule has 0 spiro atoms. The van der Waals surface area contributed by atoms with Crippen LogP contribution in [0, 0.1) is 11.3 Å². The van der Waals surface area contributed by atoms with E-state index in [2.05, 4.69) is 20.7 Å². The number of carbonyl (C=O) groups excluding carboxylic acids is 1. The number of benzene rings is 2. The molecule has 5 rings (SSSR count). The van der Waals surface area contributed by atoms with E-state index in [0.717, 1.165) is 16.2 Å². The third-order valence-corrected chi connectivity index (χ3v) is 7.50. The average Bonchev–Trinajstić information content (AvgIpc) is 3.60. The molecule has 1 atom stereocenters. The van der Waals surface area contributed by atoms with Crippen molar-refractivity contribution in [2.45, 2.75) is 48.5 Å². The molecule has 0 aliphatic carbocycles. The SMILES string of the molecule is CC(C)(C)OC(=O)N1CCC(c2nsc(Nc3ncc(Sc4ccc(C#N)cc4)cc3Oc3ccccc3)n2)C1. The van der Waals surface area contributed by atoms with Crippen LogP contribution in [0.5, 0.6) is 11.5 Å². The summed E-state index contributed by atoms with van der Waals surface area (Å²) in [6.45, 7) is 6.71. The van der Waals surface area contributed by atoms with Crippen LogP contribution in [0.3, 0.4) is 0 Å². The van der Waals surface area contributed by atoms with Crippen LogP contribution in [-0.2, 0) is 4.74 Å². The van der Waals surface area contributed by atoms with E-state index in [1.807, 2.05) is 69.3 Å². The van der Waals surface area contributed by atoms with Crippen LogP contribution < -0.4 is 10.1 Å². The number of para-hydroxylation sites is 1. The lowest BCUT2D eigenvalue weighted by Gasteiger charge is -2.24. The Morgan fingerprint density at radius 2 is 1.93 bits per heavy atom. The number of nitriles is 1. The molecule has 1 N–H and O–H groups in total. The highest BCUT2D eigenvalue weighted by Crippen LogP contribution is 2.37. The van der Waals surface area contributed by atoms with Crippen LogP contribution in [0.2, 0.25) is 0 Å². The van der Waals surface area contributed by atoms with Crippen LogP contribution in [0.25, 0.3) is 0 Å². The van der Waals surface area contributed by atoms with Gasteiger partial charge in [-0.15, -0.1) is 0 Å². The summed E-state index contributed by atoms with van der Waals surface area (Å²) in [5, 5.41) is 12.9. The highest BCUT2D eigenvalue weighted by atomic mass is 32.2. The van der Waals surface area contributed by atoms with E-state index in [1.165, 1.54) is 23.3 Å². The lowest BCUT2D eigenvalue weighted by atomic mass is 10.1. The normalized spacial score (nSPS) is 14.9. The molecular weight excluding hydrogens is 544 g/mol. The fourth-order valence-corrected chi connectivity index (χ4v) is 5.48. The molecule has 3 heterocycles. The minimum atomic E-state index is -0.534. The maximum absolute atomic E-state index is 12.5. The molecule has 4 aromatic rings. The third-order valence-electron chi connectivity index (χ3n) is 5.89. The number of hydrogen-bond donors (Lipinski definition) is 1. The second kappa shape index (κ2) is 11.9. The van der Waals surface area contributed by atoms with Gasteiger partial charge in [0.05, 0.1) is 11.6 Å². The van der Waals surface area contributed by atoms with Crippen LogP contribution in [0.4, 0.5) is 15.7 Å². The number of rotatable bonds is 7. The van der Waals surface area contributed by atoms with Gasteiger partial charge in [-0.25, -0.2) is 14.8 Å². The van der Waals surface area contributed by atoms with Crippen LogP contribution in [-0.4, -0.2) is 44.0 Å². The summed E-state index contributed by atoms with van der Waals surface area (Å²) < 4.78 is 16.3. The highest BCUT2D eigenvalue weighted by molar-refractivity contribution is 7.99.